The first-order chi connectivity index (χ1) is 1.73. The van der Waals surface area contributed by atoms with Gasteiger partial charge >= 0.3 is 74.3 Å². The van der Waals surface area contributed by atoms with Crippen molar-refractivity contribution in [2.45, 2.75) is 0 Å². The van der Waals surface area contributed by atoms with Gasteiger partial charge in [0.15, 0.2) is 0 Å². The summed E-state index contributed by atoms with van der Waals surface area (Å²) in [7, 11) is 0. The second-order valence-corrected chi connectivity index (χ2v) is 0.250. The van der Waals surface area contributed by atoms with Gasteiger partial charge in [0.2, 0.25) is 0 Å². The van der Waals surface area contributed by atoms with Crippen LogP contribution in [0.2, 0.25) is 0 Å². The van der Waals surface area contributed by atoms with Gasteiger partial charge in [0.05, 0.1) is 0 Å². The molecule has 0 bridgehead atoms. The van der Waals surface area contributed by atoms with Crippen molar-refractivity contribution in [3.05, 3.63) is 0 Å². The minimum atomic E-state index is -2.33. The molecule has 0 aromatic rings. The molecule has 0 spiro atoms. The Morgan fingerprint density at radius 1 is 1.14 bits per heavy atom. The number of hydrogen-bond donors (Lipinski definition) is 0. The molecule has 0 amide bonds. The van der Waals surface area contributed by atoms with Gasteiger partial charge in [0.1, 0.15) is 0 Å². The molecular formula is CHAg2NaO3. The van der Waals surface area contributed by atoms with E-state index in [-0.39, 0.29) is 74.3 Å². The molecular weight excluding hydrogens is 299 g/mol. The van der Waals surface area contributed by atoms with E-state index in [0.29, 0.717) is 0 Å². The van der Waals surface area contributed by atoms with Crippen molar-refractivity contribution in [3.63, 3.8) is 0 Å². The maximum absolute atomic E-state index is 8.33. The van der Waals surface area contributed by atoms with E-state index < -0.39 is 6.16 Å². The van der Waals surface area contributed by atoms with E-state index in [4.69, 9.17) is 15.0 Å². The van der Waals surface area contributed by atoms with Crippen molar-refractivity contribution < 1.29 is 59.8 Å². The summed E-state index contributed by atoms with van der Waals surface area (Å²) in [5.41, 5.74) is 0. The van der Waals surface area contributed by atoms with Gasteiger partial charge in [-0.25, -0.2) is 0 Å². The van der Waals surface area contributed by atoms with Crippen molar-refractivity contribution in [2.24, 2.45) is 0 Å². The first kappa shape index (κ1) is 23.3. The summed E-state index contributed by atoms with van der Waals surface area (Å²) in [5, 5.41) is 16.7. The first-order valence-electron chi connectivity index (χ1n) is 0.612. The Labute approximate surface area is 94.2 Å². The van der Waals surface area contributed by atoms with Crippen LogP contribution in [0.15, 0.2) is 0 Å². The number of carbonyl (C=O) groups is 1. The Morgan fingerprint density at radius 3 is 1.14 bits per heavy atom. The van der Waals surface area contributed by atoms with Crippen LogP contribution in [-0.4, -0.2) is 35.7 Å². The van der Waals surface area contributed by atoms with Gasteiger partial charge in [-0.3, -0.25) is 0 Å². The van der Waals surface area contributed by atoms with E-state index >= 15 is 0 Å². The summed E-state index contributed by atoms with van der Waals surface area (Å²) in [6.07, 6.45) is -2.33. The van der Waals surface area contributed by atoms with Crippen LogP contribution in [0.4, 0.5) is 4.79 Å². The molecule has 3 nitrogen and oxygen atoms in total. The minimum absolute atomic E-state index is 0. The fourth-order valence-corrected chi connectivity index (χ4v) is 0. The predicted octanol–water partition coefficient (Wildman–Crippen LogP) is -3.10. The summed E-state index contributed by atoms with van der Waals surface area (Å²) >= 11 is 0. The van der Waals surface area contributed by atoms with Crippen LogP contribution in [0.5, 0.6) is 0 Å². The van der Waals surface area contributed by atoms with Crippen molar-refractivity contribution in [1.29, 1.82) is 0 Å². The predicted molar refractivity (Wildman–Crippen MR) is 12.5 cm³/mol. The normalized spacial score (nSPS) is 3.43. The topological polar surface area (TPSA) is 63.2 Å². The molecule has 0 radical (unpaired) electrons. The van der Waals surface area contributed by atoms with Crippen molar-refractivity contribution in [2.75, 3.05) is 0 Å². The third-order valence-electron chi connectivity index (χ3n) is 0. The number of carboxylic acid groups (broad SMARTS) is 2. The van der Waals surface area contributed by atoms with Crippen LogP contribution in [0.3, 0.4) is 0 Å². The van der Waals surface area contributed by atoms with Gasteiger partial charge < -0.3 is 15.0 Å². The summed E-state index contributed by atoms with van der Waals surface area (Å²) < 4.78 is 0. The molecule has 0 rings (SSSR count). The zero-order chi connectivity index (χ0) is 3.58. The zero-order valence-corrected chi connectivity index (χ0v) is 5.29. The van der Waals surface area contributed by atoms with E-state index in [1.54, 1.807) is 0 Å². The second kappa shape index (κ2) is 15.7. The fourth-order valence-electron chi connectivity index (χ4n) is 0. The Kier molecular flexibility index (Phi) is 52.1. The molecule has 0 aliphatic heterocycles. The van der Waals surface area contributed by atoms with Crippen molar-refractivity contribution in [1.82, 2.24) is 0 Å². The van der Waals surface area contributed by atoms with Crippen molar-refractivity contribution >= 4 is 35.7 Å². The van der Waals surface area contributed by atoms with Gasteiger partial charge in [0, 0.05) is 0 Å². The van der Waals surface area contributed by atoms with Crippen LogP contribution < -0.4 is 10.2 Å². The van der Waals surface area contributed by atoms with E-state index in [9.17, 15) is 0 Å². The molecule has 0 N–H and O–H groups in total. The van der Waals surface area contributed by atoms with Crippen molar-refractivity contribution in [3.8, 4) is 0 Å². The number of hydrogen-bond acceptors (Lipinski definition) is 3. The van der Waals surface area contributed by atoms with Crippen LogP contribution in [0.25, 0.3) is 0 Å². The molecule has 0 atom stereocenters. The van der Waals surface area contributed by atoms with Crippen LogP contribution in [-0.2, 0) is 44.8 Å². The van der Waals surface area contributed by atoms with Gasteiger partial charge in [0.25, 0.3) is 0 Å². The van der Waals surface area contributed by atoms with Gasteiger partial charge in [-0.2, -0.15) is 0 Å². The quantitative estimate of drug-likeness (QED) is 0.445. The van der Waals surface area contributed by atoms with Gasteiger partial charge in [-0.05, 0) is 6.16 Å². The average Bonchev–Trinajstić information content (AvgIpc) is 0.811. The number of rotatable bonds is 0. The Hall–Kier alpha value is 1.75. The zero-order valence-electron chi connectivity index (χ0n) is 2.33. The summed E-state index contributed by atoms with van der Waals surface area (Å²) in [4.78, 5) is 8.33. The van der Waals surface area contributed by atoms with Crippen LogP contribution >= 0.6 is 0 Å². The van der Waals surface area contributed by atoms with Gasteiger partial charge in [-0.15, -0.1) is 0 Å². The Morgan fingerprint density at radius 2 is 1.14 bits per heavy atom. The van der Waals surface area contributed by atoms with E-state index in [2.05, 4.69) is 0 Å². The van der Waals surface area contributed by atoms with E-state index in [0.717, 1.165) is 0 Å². The third kappa shape index (κ3) is 83.6. The average molecular weight is 300 g/mol. The standard InChI is InChI=1S/CH2O3.2Ag.Na.H/c2-1(3)4;;;;/h(H2,2,3,4);;;;/q;2*+1;;/p-2. The molecule has 0 aliphatic rings. The molecule has 0 unspecified atom stereocenters. The summed E-state index contributed by atoms with van der Waals surface area (Å²) in [6.45, 7) is 0. The molecule has 7 heavy (non-hydrogen) atoms. The van der Waals surface area contributed by atoms with Gasteiger partial charge in [-0.1, -0.05) is 0 Å². The Bertz CT molecular complexity index is 35.9. The molecule has 0 aromatic heterocycles. The molecule has 0 saturated carbocycles. The summed E-state index contributed by atoms with van der Waals surface area (Å²) in [5.74, 6) is 0. The summed E-state index contributed by atoms with van der Waals surface area (Å²) in [6, 6.07) is 0. The number of carbonyl (C=O) groups excluding carboxylic acids is 1. The second-order valence-electron chi connectivity index (χ2n) is 0.250. The fraction of sp³-hybridized carbons (Fsp3) is 0. The molecule has 0 fully saturated rings. The monoisotopic (exact) mass is 298 g/mol. The molecule has 0 aromatic carbocycles. The molecule has 46 valence electrons. The molecule has 0 aliphatic carbocycles. The van der Waals surface area contributed by atoms with Crippen LogP contribution in [0.1, 0.15) is 0 Å². The molecule has 0 heterocycles. The molecule has 6 heteroatoms. The molecule has 0 saturated heterocycles. The Balaban J connectivity index is -0.0000000150. The van der Waals surface area contributed by atoms with E-state index in [1.165, 1.54) is 0 Å². The third-order valence-corrected chi connectivity index (χ3v) is 0. The SMILES string of the molecule is O=C([O-])[O-].[Ag+].[Ag+].[NaH]. The van der Waals surface area contributed by atoms with E-state index in [1.807, 2.05) is 0 Å². The first-order valence-corrected chi connectivity index (χ1v) is 0.612. The maximum atomic E-state index is 8.33. The van der Waals surface area contributed by atoms with Crippen LogP contribution in [0, 0.1) is 0 Å².